The first kappa shape index (κ1) is 23.0. The van der Waals surface area contributed by atoms with Crippen LogP contribution in [0.15, 0.2) is 24.3 Å². The molecule has 1 aromatic carbocycles. The fraction of sp³-hybridized carbons (Fsp3) is 0. The van der Waals surface area contributed by atoms with Gasteiger partial charge in [0.1, 0.15) is 0 Å². The number of nitriles is 1. The molecule has 0 saturated heterocycles. The number of hydrogen-bond donors (Lipinski definition) is 0. The summed E-state index contributed by atoms with van der Waals surface area (Å²) in [5.74, 6) is 0. The van der Waals surface area contributed by atoms with E-state index in [4.69, 9.17) is 5.26 Å². The number of rotatable bonds is 0. The minimum atomic E-state index is 0. The van der Waals surface area contributed by atoms with Crippen molar-refractivity contribution in [2.75, 3.05) is 0 Å². The van der Waals surface area contributed by atoms with E-state index < -0.39 is 0 Å². The van der Waals surface area contributed by atoms with Crippen LogP contribution in [-0.2, 0) is 0 Å². The summed E-state index contributed by atoms with van der Waals surface area (Å²) in [4.78, 5) is 0. The Kier molecular flexibility index (Phi) is 27.6. The second-order valence-electron chi connectivity index (χ2n) is 1.39. The van der Waals surface area contributed by atoms with Gasteiger partial charge in [0.05, 0.1) is 0 Å². The molecule has 0 aliphatic rings. The van der Waals surface area contributed by atoms with Gasteiger partial charge in [-0.25, -0.2) is 0 Å². The summed E-state index contributed by atoms with van der Waals surface area (Å²) in [7, 11) is 0. The molecule has 0 bridgehead atoms. The summed E-state index contributed by atoms with van der Waals surface area (Å²) in [6.45, 7) is 0. The monoisotopic (exact) mass is 247 g/mol. The SMILES string of the molecule is N#Cc1[c-]cccc1.[Br-].[Cl-].[Li+].[Mg+2]. The Bertz CT molecular complexity index is 214. The Morgan fingerprint density at radius 1 is 1.33 bits per heavy atom. The zero-order valence-electron chi connectivity index (χ0n) is 6.72. The predicted molar refractivity (Wildman–Crippen MR) is 35.7 cm³/mol. The van der Waals surface area contributed by atoms with Crippen LogP contribution in [0.2, 0.25) is 0 Å². The Labute approximate surface area is 117 Å². The van der Waals surface area contributed by atoms with E-state index in [1.54, 1.807) is 12.1 Å². The van der Waals surface area contributed by atoms with E-state index >= 15 is 0 Å². The third-order valence-corrected chi connectivity index (χ3v) is 0.830. The second-order valence-corrected chi connectivity index (χ2v) is 1.39. The molecule has 54 valence electrons. The molecule has 0 aliphatic carbocycles. The van der Waals surface area contributed by atoms with Crippen molar-refractivity contribution in [3.8, 4) is 6.07 Å². The third kappa shape index (κ3) is 8.94. The minimum Gasteiger partial charge on any atom is -1.00 e. The molecule has 0 fully saturated rings. The van der Waals surface area contributed by atoms with Crippen LogP contribution in [0.1, 0.15) is 5.56 Å². The first-order valence-corrected chi connectivity index (χ1v) is 2.30. The van der Waals surface area contributed by atoms with Crippen LogP contribution in [0, 0.1) is 17.4 Å². The molecule has 0 amide bonds. The molecular weight excluding hydrogens is 245 g/mol. The van der Waals surface area contributed by atoms with Gasteiger partial charge in [0.25, 0.3) is 0 Å². The quantitative estimate of drug-likeness (QED) is 0.331. The van der Waals surface area contributed by atoms with Crippen LogP contribution in [0.4, 0.5) is 0 Å². The summed E-state index contributed by atoms with van der Waals surface area (Å²) in [6, 6.07) is 11.8. The van der Waals surface area contributed by atoms with Gasteiger partial charge in [-0.2, -0.15) is 0 Å². The van der Waals surface area contributed by atoms with Gasteiger partial charge >= 0.3 is 41.9 Å². The molecule has 1 rings (SSSR count). The van der Waals surface area contributed by atoms with Gasteiger partial charge in [0.15, 0.2) is 0 Å². The summed E-state index contributed by atoms with van der Waals surface area (Å²) in [5.41, 5.74) is 0.590. The van der Waals surface area contributed by atoms with Gasteiger partial charge in [-0.15, -0.1) is 30.3 Å². The smallest absolute Gasteiger partial charge is 1.00 e. The molecule has 0 heterocycles. The standard InChI is InChI=1S/C7H4N.BrH.ClH.Li.Mg/c8-6-7-4-2-1-3-5-7;;;;/h1-4H;2*1H;;/q-1;;;+1;+2/p-2. The summed E-state index contributed by atoms with van der Waals surface area (Å²) >= 11 is 0. The molecule has 0 spiro atoms. The van der Waals surface area contributed by atoms with E-state index in [1.165, 1.54) is 0 Å². The van der Waals surface area contributed by atoms with Crippen LogP contribution < -0.4 is 48.2 Å². The van der Waals surface area contributed by atoms with Crippen molar-refractivity contribution in [2.24, 2.45) is 0 Å². The summed E-state index contributed by atoms with van der Waals surface area (Å²) in [6.07, 6.45) is 0. The van der Waals surface area contributed by atoms with Gasteiger partial charge in [-0.3, -0.25) is 5.26 Å². The Balaban J connectivity index is -0.0000000800. The van der Waals surface area contributed by atoms with Gasteiger partial charge in [0, 0.05) is 0 Å². The van der Waals surface area contributed by atoms with E-state index in [1.807, 2.05) is 18.2 Å². The van der Waals surface area contributed by atoms with Crippen molar-refractivity contribution < 1.29 is 48.2 Å². The maximum absolute atomic E-state index is 8.26. The normalized spacial score (nSPS) is 5.25. The average Bonchev–Trinajstić information content (AvgIpc) is 1.90. The van der Waals surface area contributed by atoms with Crippen LogP contribution in [-0.4, -0.2) is 23.1 Å². The van der Waals surface area contributed by atoms with E-state index in [2.05, 4.69) is 6.07 Å². The fourth-order valence-corrected chi connectivity index (χ4v) is 0.463. The molecule has 0 radical (unpaired) electrons. The molecule has 5 heteroatoms. The van der Waals surface area contributed by atoms with E-state index in [-0.39, 0.29) is 71.3 Å². The van der Waals surface area contributed by atoms with Crippen molar-refractivity contribution in [1.29, 1.82) is 5.26 Å². The number of benzene rings is 1. The molecular formula is C7H4BrClLiMgN. The number of halogens is 2. The van der Waals surface area contributed by atoms with Crippen LogP contribution in [0.5, 0.6) is 0 Å². The molecule has 0 aliphatic heterocycles. The maximum atomic E-state index is 8.26. The first-order chi connectivity index (χ1) is 3.93. The molecule has 1 aromatic rings. The maximum Gasteiger partial charge on any atom is 2.00 e. The Morgan fingerprint density at radius 3 is 2.17 bits per heavy atom. The van der Waals surface area contributed by atoms with E-state index in [0.717, 1.165) is 0 Å². The minimum absolute atomic E-state index is 0. The number of nitrogens with zero attached hydrogens (tertiary/aromatic N) is 1. The van der Waals surface area contributed by atoms with Crippen LogP contribution in [0.3, 0.4) is 0 Å². The van der Waals surface area contributed by atoms with Crippen LogP contribution >= 0.6 is 0 Å². The molecule has 1 nitrogen and oxygen atoms in total. The molecule has 12 heavy (non-hydrogen) atoms. The largest absolute Gasteiger partial charge is 2.00 e. The van der Waals surface area contributed by atoms with Gasteiger partial charge in [-0.05, 0) is 6.07 Å². The zero-order chi connectivity index (χ0) is 5.82. The molecule has 0 unspecified atom stereocenters. The Hall–Kier alpha value is 0.844. The molecule has 0 atom stereocenters. The third-order valence-electron chi connectivity index (χ3n) is 0.830. The molecule has 0 N–H and O–H groups in total. The topological polar surface area (TPSA) is 23.8 Å². The summed E-state index contributed by atoms with van der Waals surface area (Å²) in [5, 5.41) is 8.26. The van der Waals surface area contributed by atoms with Gasteiger partial charge in [0.2, 0.25) is 0 Å². The molecule has 0 aromatic heterocycles. The van der Waals surface area contributed by atoms with E-state index in [0.29, 0.717) is 5.56 Å². The van der Waals surface area contributed by atoms with Crippen molar-refractivity contribution in [3.05, 3.63) is 35.9 Å². The van der Waals surface area contributed by atoms with Gasteiger partial charge in [-0.1, -0.05) is 5.56 Å². The molecule has 0 saturated carbocycles. The fourth-order valence-electron chi connectivity index (χ4n) is 0.463. The van der Waals surface area contributed by atoms with Crippen LogP contribution in [0.25, 0.3) is 0 Å². The zero-order valence-corrected chi connectivity index (χ0v) is 10.5. The Morgan fingerprint density at radius 2 is 1.92 bits per heavy atom. The van der Waals surface area contributed by atoms with E-state index in [9.17, 15) is 0 Å². The summed E-state index contributed by atoms with van der Waals surface area (Å²) < 4.78 is 0. The second kappa shape index (κ2) is 14.4. The van der Waals surface area contributed by atoms with Crippen molar-refractivity contribution in [3.63, 3.8) is 0 Å². The van der Waals surface area contributed by atoms with Crippen molar-refractivity contribution >= 4 is 23.1 Å². The predicted octanol–water partition coefficient (Wildman–Crippen LogP) is -8.01. The van der Waals surface area contributed by atoms with Crippen molar-refractivity contribution in [1.82, 2.24) is 0 Å². The first-order valence-electron chi connectivity index (χ1n) is 2.30. The number of hydrogen-bond acceptors (Lipinski definition) is 1. The average molecular weight is 249 g/mol. The van der Waals surface area contributed by atoms with Crippen molar-refractivity contribution in [2.45, 2.75) is 0 Å². The van der Waals surface area contributed by atoms with Gasteiger partial charge < -0.3 is 29.4 Å².